The fraction of sp³-hybridized carbons (Fsp3) is 1.00. The van der Waals surface area contributed by atoms with Crippen molar-refractivity contribution in [2.75, 3.05) is 43.7 Å². The average Bonchev–Trinajstić information content (AvgIpc) is 2.27. The van der Waals surface area contributed by atoms with Crippen molar-refractivity contribution in [3.8, 4) is 0 Å². The fourth-order valence-electron chi connectivity index (χ4n) is 2.02. The summed E-state index contributed by atoms with van der Waals surface area (Å²) in [6.07, 6.45) is 3.83. The van der Waals surface area contributed by atoms with Gasteiger partial charge in [-0.25, -0.2) is 0 Å². The molecule has 0 bridgehead atoms. The molecule has 2 nitrogen and oxygen atoms in total. The van der Waals surface area contributed by atoms with E-state index < -0.39 is 0 Å². The minimum Gasteiger partial charge on any atom is -0.302 e. The van der Waals surface area contributed by atoms with Crippen molar-refractivity contribution < 1.29 is 0 Å². The molecule has 0 aromatic rings. The second kappa shape index (κ2) is 12.1. The summed E-state index contributed by atoms with van der Waals surface area (Å²) in [7, 11) is 0. The number of alkyl halides is 1. The summed E-state index contributed by atoms with van der Waals surface area (Å²) >= 11 is 2.48. The Bertz CT molecular complexity index is 114. The first kappa shape index (κ1) is 16.6. The fourth-order valence-corrected chi connectivity index (χ4v) is 2.70. The molecule has 0 N–H and O–H groups in total. The topological polar surface area (TPSA) is 6.48 Å². The van der Waals surface area contributed by atoms with E-state index in [1.54, 1.807) is 0 Å². The second-order valence-corrected chi connectivity index (χ2v) is 5.45. The van der Waals surface area contributed by atoms with Crippen molar-refractivity contribution in [1.29, 1.82) is 0 Å². The molecule has 0 atom stereocenters. The van der Waals surface area contributed by atoms with E-state index in [9.17, 15) is 0 Å². The molecule has 0 aromatic carbocycles. The highest BCUT2D eigenvalue weighted by Gasteiger charge is 2.06. The van der Waals surface area contributed by atoms with Crippen molar-refractivity contribution in [3.05, 3.63) is 0 Å². The smallest absolute Gasteiger partial charge is 0.0123 e. The van der Waals surface area contributed by atoms with Gasteiger partial charge in [-0.1, -0.05) is 43.4 Å². The molecule has 0 radical (unpaired) electrons. The normalized spacial score (nSPS) is 11.6. The molecule has 0 fully saturated rings. The summed E-state index contributed by atoms with van der Waals surface area (Å²) in [4.78, 5) is 5.21. The van der Waals surface area contributed by atoms with Crippen molar-refractivity contribution in [2.24, 2.45) is 0 Å². The Morgan fingerprint density at radius 2 is 1.00 bits per heavy atom. The molecule has 3 heteroatoms. The van der Waals surface area contributed by atoms with Gasteiger partial charge < -0.3 is 9.80 Å². The minimum atomic E-state index is 1.25. The van der Waals surface area contributed by atoms with E-state index in [0.29, 0.717) is 0 Å². The molecule has 16 heavy (non-hydrogen) atoms. The second-order valence-electron chi connectivity index (χ2n) is 4.37. The maximum absolute atomic E-state index is 2.61. The standard InChI is InChI=1S/C13H29IN2/c1-4-8-15(9-5-2)12-13-16(10-6-3)11-7-14/h4-13H2,1-3H3. The van der Waals surface area contributed by atoms with E-state index >= 15 is 0 Å². The lowest BCUT2D eigenvalue weighted by Gasteiger charge is -2.26. The van der Waals surface area contributed by atoms with Gasteiger partial charge in [-0.3, -0.25) is 0 Å². The molecular formula is C13H29IN2. The molecule has 0 unspecified atom stereocenters. The molecule has 0 heterocycles. The lowest BCUT2D eigenvalue weighted by atomic mass is 10.3. The summed E-state index contributed by atoms with van der Waals surface area (Å²) in [5.41, 5.74) is 0. The van der Waals surface area contributed by atoms with Crippen LogP contribution in [0.4, 0.5) is 0 Å². The van der Waals surface area contributed by atoms with E-state index in [0.717, 1.165) is 0 Å². The van der Waals surface area contributed by atoms with Gasteiger partial charge >= 0.3 is 0 Å². The van der Waals surface area contributed by atoms with Crippen LogP contribution in [0.3, 0.4) is 0 Å². The van der Waals surface area contributed by atoms with Gasteiger partial charge in [-0.2, -0.15) is 0 Å². The van der Waals surface area contributed by atoms with E-state index in [-0.39, 0.29) is 0 Å². The minimum absolute atomic E-state index is 1.25. The van der Waals surface area contributed by atoms with Crippen LogP contribution in [-0.4, -0.2) is 53.5 Å². The first-order valence-electron chi connectivity index (χ1n) is 6.79. The third-order valence-corrected chi connectivity index (χ3v) is 3.24. The molecule has 0 saturated heterocycles. The van der Waals surface area contributed by atoms with E-state index in [1.807, 2.05) is 0 Å². The zero-order valence-corrected chi connectivity index (χ0v) is 13.5. The van der Waals surface area contributed by atoms with Crippen molar-refractivity contribution in [2.45, 2.75) is 40.0 Å². The van der Waals surface area contributed by atoms with Crippen LogP contribution < -0.4 is 0 Å². The summed E-state index contributed by atoms with van der Waals surface area (Å²) in [5.74, 6) is 0. The van der Waals surface area contributed by atoms with Crippen molar-refractivity contribution in [1.82, 2.24) is 9.80 Å². The van der Waals surface area contributed by atoms with Gasteiger partial charge in [0, 0.05) is 24.1 Å². The average molecular weight is 340 g/mol. The third-order valence-electron chi connectivity index (χ3n) is 2.75. The first-order chi connectivity index (χ1) is 7.78. The van der Waals surface area contributed by atoms with Gasteiger partial charge in [0.15, 0.2) is 0 Å². The maximum Gasteiger partial charge on any atom is 0.0123 e. The van der Waals surface area contributed by atoms with Gasteiger partial charge in [0.2, 0.25) is 0 Å². The number of hydrogen-bond acceptors (Lipinski definition) is 2. The molecule has 0 amide bonds. The van der Waals surface area contributed by atoms with E-state index in [1.165, 1.54) is 63.0 Å². The Balaban J connectivity index is 3.83. The zero-order valence-electron chi connectivity index (χ0n) is 11.3. The van der Waals surface area contributed by atoms with Gasteiger partial charge in [-0.15, -0.1) is 0 Å². The predicted octanol–water partition coefficient (Wildman–Crippen LogP) is 3.26. The quantitative estimate of drug-likeness (QED) is 0.421. The Hall–Kier alpha value is 0.650. The third kappa shape index (κ3) is 8.76. The number of nitrogens with zero attached hydrogens (tertiary/aromatic N) is 2. The zero-order chi connectivity index (χ0) is 12.2. The Labute approximate surface area is 116 Å². The van der Waals surface area contributed by atoms with Crippen molar-refractivity contribution >= 4 is 22.6 Å². The molecule has 0 saturated carbocycles. The van der Waals surface area contributed by atoms with Crippen LogP contribution in [0.15, 0.2) is 0 Å². The maximum atomic E-state index is 2.61. The molecule has 0 aliphatic heterocycles. The molecule has 0 spiro atoms. The van der Waals surface area contributed by atoms with Crippen LogP contribution in [0, 0.1) is 0 Å². The molecule has 0 aromatic heterocycles. The van der Waals surface area contributed by atoms with Crippen LogP contribution >= 0.6 is 22.6 Å². The first-order valence-corrected chi connectivity index (χ1v) is 8.31. The SMILES string of the molecule is CCCN(CCC)CCN(CCC)CCI. The highest BCUT2D eigenvalue weighted by Crippen LogP contribution is 1.98. The highest BCUT2D eigenvalue weighted by molar-refractivity contribution is 14.1. The summed E-state index contributed by atoms with van der Waals surface area (Å²) in [5, 5.41) is 0. The van der Waals surface area contributed by atoms with Crippen molar-refractivity contribution in [3.63, 3.8) is 0 Å². The van der Waals surface area contributed by atoms with Gasteiger partial charge in [0.05, 0.1) is 0 Å². The number of rotatable bonds is 11. The largest absolute Gasteiger partial charge is 0.302 e. The number of hydrogen-bond donors (Lipinski definition) is 0. The van der Waals surface area contributed by atoms with Crippen LogP contribution in [0.25, 0.3) is 0 Å². The van der Waals surface area contributed by atoms with Crippen LogP contribution in [0.1, 0.15) is 40.0 Å². The summed E-state index contributed by atoms with van der Waals surface area (Å²) in [6.45, 7) is 14.4. The predicted molar refractivity (Wildman–Crippen MR) is 82.6 cm³/mol. The van der Waals surface area contributed by atoms with Crippen LogP contribution in [-0.2, 0) is 0 Å². The molecule has 0 aliphatic rings. The van der Waals surface area contributed by atoms with E-state index in [2.05, 4.69) is 53.2 Å². The lowest BCUT2D eigenvalue weighted by Crippen LogP contribution is -2.37. The summed E-state index contributed by atoms with van der Waals surface area (Å²) in [6, 6.07) is 0. The van der Waals surface area contributed by atoms with Gasteiger partial charge in [0.1, 0.15) is 0 Å². The molecule has 0 aliphatic carbocycles. The van der Waals surface area contributed by atoms with Gasteiger partial charge in [0.25, 0.3) is 0 Å². The molecule has 0 rings (SSSR count). The Kier molecular flexibility index (Phi) is 12.6. The monoisotopic (exact) mass is 340 g/mol. The van der Waals surface area contributed by atoms with E-state index in [4.69, 9.17) is 0 Å². The highest BCUT2D eigenvalue weighted by atomic mass is 127. The molecular weight excluding hydrogens is 311 g/mol. The van der Waals surface area contributed by atoms with Crippen LogP contribution in [0.5, 0.6) is 0 Å². The Morgan fingerprint density at radius 3 is 1.31 bits per heavy atom. The van der Waals surface area contributed by atoms with Gasteiger partial charge in [-0.05, 0) is 38.9 Å². The number of halogens is 1. The Morgan fingerprint density at radius 1 is 0.625 bits per heavy atom. The molecule has 98 valence electrons. The van der Waals surface area contributed by atoms with Crippen LogP contribution in [0.2, 0.25) is 0 Å². The lowest BCUT2D eigenvalue weighted by molar-refractivity contribution is 0.210. The summed E-state index contributed by atoms with van der Waals surface area (Å²) < 4.78 is 1.25.